The number of esters is 1. The summed E-state index contributed by atoms with van der Waals surface area (Å²) in [6, 6.07) is 26.4. The SMILES string of the molecule is CC1(C(=O)O)CCN(Cc2ccc3cc(OC4CCC(C(C)(C)C)CC4)ccc3c2)CC1.CCOC(=O)C1(C)CCN(Cc2ccc3cc(OC4CCC(C(C)(C)C)CC4)ccc3c2)CC1. The van der Waals surface area contributed by atoms with Crippen molar-refractivity contribution in [1.29, 1.82) is 0 Å². The molecule has 8 nitrogen and oxygen atoms in total. The van der Waals surface area contributed by atoms with E-state index in [1.54, 1.807) is 0 Å². The van der Waals surface area contributed by atoms with Gasteiger partial charge in [0.15, 0.2) is 0 Å². The molecule has 8 rings (SSSR count). The van der Waals surface area contributed by atoms with Crippen molar-refractivity contribution in [2.24, 2.45) is 33.5 Å². The molecule has 0 amide bonds. The molecule has 2 saturated carbocycles. The molecule has 360 valence electrons. The maximum atomic E-state index is 12.3. The van der Waals surface area contributed by atoms with Gasteiger partial charge in [-0.2, -0.15) is 0 Å². The first-order valence-electron chi connectivity index (χ1n) is 25.5. The summed E-state index contributed by atoms with van der Waals surface area (Å²) < 4.78 is 18.0. The van der Waals surface area contributed by atoms with E-state index < -0.39 is 11.4 Å². The molecule has 4 fully saturated rings. The van der Waals surface area contributed by atoms with Crippen molar-refractivity contribution in [2.75, 3.05) is 32.8 Å². The van der Waals surface area contributed by atoms with Crippen LogP contribution in [-0.4, -0.2) is 71.8 Å². The first kappa shape index (κ1) is 49.8. The number of nitrogens with zero attached hydrogens (tertiary/aromatic N) is 2. The molecule has 4 aromatic rings. The molecule has 0 bridgehead atoms. The molecular formula is C58H82N2O6. The van der Waals surface area contributed by atoms with Crippen molar-refractivity contribution in [3.8, 4) is 11.5 Å². The highest BCUT2D eigenvalue weighted by molar-refractivity contribution is 5.85. The highest BCUT2D eigenvalue weighted by Gasteiger charge is 2.39. The summed E-state index contributed by atoms with van der Waals surface area (Å²) >= 11 is 0. The Kier molecular flexibility index (Phi) is 15.8. The van der Waals surface area contributed by atoms with Gasteiger partial charge in [-0.3, -0.25) is 19.4 Å². The summed E-state index contributed by atoms with van der Waals surface area (Å²) in [4.78, 5) is 28.6. The summed E-state index contributed by atoms with van der Waals surface area (Å²) in [6.45, 7) is 25.7. The number of ether oxygens (including phenoxy) is 3. The quantitative estimate of drug-likeness (QED) is 0.149. The van der Waals surface area contributed by atoms with Gasteiger partial charge in [0.05, 0.1) is 29.6 Å². The van der Waals surface area contributed by atoms with Crippen molar-refractivity contribution in [3.63, 3.8) is 0 Å². The molecule has 66 heavy (non-hydrogen) atoms. The van der Waals surface area contributed by atoms with Gasteiger partial charge >= 0.3 is 11.9 Å². The zero-order valence-electron chi connectivity index (χ0n) is 42.1. The molecule has 0 aromatic heterocycles. The highest BCUT2D eigenvalue weighted by atomic mass is 16.5. The summed E-state index contributed by atoms with van der Waals surface area (Å²) in [5.41, 5.74) is 2.50. The van der Waals surface area contributed by atoms with Crippen molar-refractivity contribution in [2.45, 2.75) is 165 Å². The number of likely N-dealkylation sites (tertiary alicyclic amines) is 2. The van der Waals surface area contributed by atoms with Gasteiger partial charge in [-0.1, -0.05) is 77.9 Å². The summed E-state index contributed by atoms with van der Waals surface area (Å²) in [5.74, 6) is 2.88. The lowest BCUT2D eigenvalue weighted by Crippen LogP contribution is -2.43. The third-order valence-corrected chi connectivity index (χ3v) is 16.2. The van der Waals surface area contributed by atoms with Crippen molar-refractivity contribution < 1.29 is 28.9 Å². The van der Waals surface area contributed by atoms with Gasteiger partial charge in [-0.25, -0.2) is 0 Å². The van der Waals surface area contributed by atoms with Crippen LogP contribution in [0, 0.1) is 33.5 Å². The van der Waals surface area contributed by atoms with E-state index in [-0.39, 0.29) is 11.4 Å². The average Bonchev–Trinajstić information content (AvgIpc) is 3.28. The van der Waals surface area contributed by atoms with E-state index in [0.717, 1.165) is 101 Å². The number of carbonyl (C=O) groups is 2. The number of carboxylic acids is 1. The molecule has 2 heterocycles. The molecule has 4 aromatic carbocycles. The van der Waals surface area contributed by atoms with E-state index in [1.165, 1.54) is 58.4 Å². The van der Waals surface area contributed by atoms with Gasteiger partial charge in [-0.05, 0) is 216 Å². The fourth-order valence-electron chi connectivity index (χ4n) is 11.0. The second kappa shape index (κ2) is 21.0. The fraction of sp³-hybridized carbons (Fsp3) is 0.621. The smallest absolute Gasteiger partial charge is 0.311 e. The van der Waals surface area contributed by atoms with Crippen molar-refractivity contribution in [3.05, 3.63) is 83.9 Å². The van der Waals surface area contributed by atoms with Gasteiger partial charge in [0, 0.05) is 13.1 Å². The second-order valence-corrected chi connectivity index (χ2v) is 23.3. The largest absolute Gasteiger partial charge is 0.490 e. The summed E-state index contributed by atoms with van der Waals surface area (Å²) in [6.07, 6.45) is 13.5. The normalized spacial score (nSPS) is 24.0. The van der Waals surface area contributed by atoms with Crippen LogP contribution in [-0.2, 0) is 27.4 Å². The predicted molar refractivity (Wildman–Crippen MR) is 269 cm³/mol. The number of carboxylic acid groups (broad SMARTS) is 1. The van der Waals surface area contributed by atoms with Crippen molar-refractivity contribution >= 4 is 33.5 Å². The van der Waals surface area contributed by atoms with E-state index in [4.69, 9.17) is 14.2 Å². The number of hydrogen-bond acceptors (Lipinski definition) is 7. The molecule has 1 N–H and O–H groups in total. The number of carbonyl (C=O) groups excluding carboxylic acids is 1. The lowest BCUT2D eigenvalue weighted by atomic mass is 9.72. The Hall–Kier alpha value is -4.14. The third-order valence-electron chi connectivity index (χ3n) is 16.2. The van der Waals surface area contributed by atoms with E-state index in [0.29, 0.717) is 42.5 Å². The molecule has 2 saturated heterocycles. The van der Waals surface area contributed by atoms with Gasteiger partial charge < -0.3 is 19.3 Å². The second-order valence-electron chi connectivity index (χ2n) is 23.3. The standard InChI is InChI=1S/C30H43NO3.C28H39NO3/c1-6-33-28(32)30(5)15-17-31(18-16-30)21-22-7-8-24-20-27(12-9-23(24)19-22)34-26-13-10-25(11-14-26)29(2,3)4;1-27(2,3)23-8-11-24(12-9-23)32-25-10-7-21-17-20(5-6-22(21)18-25)19-29-15-13-28(4,14-16-29)26(30)31/h7-9,12,19-20,25-26H,6,10-11,13-18,21H2,1-5H3;5-7,10,17-18,23-24H,8-9,11-16,19H2,1-4H3,(H,30,31). The molecule has 8 heteroatoms. The van der Waals surface area contributed by atoms with Crippen LogP contribution >= 0.6 is 0 Å². The van der Waals surface area contributed by atoms with E-state index in [1.807, 2.05) is 20.8 Å². The molecular weight excluding hydrogens is 821 g/mol. The van der Waals surface area contributed by atoms with Gasteiger partial charge in [-0.15, -0.1) is 0 Å². The lowest BCUT2D eigenvalue weighted by molar-refractivity contribution is -0.157. The summed E-state index contributed by atoms with van der Waals surface area (Å²) in [7, 11) is 0. The van der Waals surface area contributed by atoms with Crippen LogP contribution in [0.5, 0.6) is 11.5 Å². The van der Waals surface area contributed by atoms with Crippen LogP contribution in [0.15, 0.2) is 72.8 Å². The van der Waals surface area contributed by atoms with Crippen LogP contribution in [0.2, 0.25) is 0 Å². The lowest BCUT2D eigenvalue weighted by Gasteiger charge is -2.37. The molecule has 2 aliphatic carbocycles. The Labute approximate surface area is 397 Å². The Morgan fingerprint density at radius 2 is 0.924 bits per heavy atom. The maximum Gasteiger partial charge on any atom is 0.311 e. The minimum Gasteiger partial charge on any atom is -0.490 e. The molecule has 0 spiro atoms. The van der Waals surface area contributed by atoms with Gasteiger partial charge in [0.2, 0.25) is 0 Å². The van der Waals surface area contributed by atoms with Gasteiger partial charge in [0.25, 0.3) is 0 Å². The number of fused-ring (bicyclic) bond motifs is 2. The number of rotatable bonds is 11. The number of benzene rings is 4. The van der Waals surface area contributed by atoms with E-state index in [9.17, 15) is 14.7 Å². The molecule has 0 unspecified atom stereocenters. The van der Waals surface area contributed by atoms with Gasteiger partial charge in [0.1, 0.15) is 11.5 Å². The zero-order chi connectivity index (χ0) is 47.3. The number of aliphatic carboxylic acids is 1. The Bertz CT molecular complexity index is 2240. The first-order valence-corrected chi connectivity index (χ1v) is 25.5. The summed E-state index contributed by atoms with van der Waals surface area (Å²) in [5, 5.41) is 14.4. The zero-order valence-corrected chi connectivity index (χ0v) is 42.1. The van der Waals surface area contributed by atoms with Crippen LogP contribution < -0.4 is 9.47 Å². The van der Waals surface area contributed by atoms with Crippen LogP contribution in [0.4, 0.5) is 0 Å². The molecule has 0 radical (unpaired) electrons. The minimum absolute atomic E-state index is 0.0411. The molecule has 0 atom stereocenters. The topological polar surface area (TPSA) is 88.5 Å². The first-order chi connectivity index (χ1) is 31.3. The van der Waals surface area contributed by atoms with E-state index >= 15 is 0 Å². The highest BCUT2D eigenvalue weighted by Crippen LogP contribution is 2.41. The van der Waals surface area contributed by atoms with Crippen LogP contribution in [0.25, 0.3) is 21.5 Å². The molecule has 2 aliphatic heterocycles. The number of piperidine rings is 2. The Balaban J connectivity index is 0.000000197. The Morgan fingerprint density at radius 3 is 1.29 bits per heavy atom. The maximum absolute atomic E-state index is 12.3. The average molecular weight is 903 g/mol. The fourth-order valence-corrected chi connectivity index (χ4v) is 11.0. The minimum atomic E-state index is -0.664. The Morgan fingerprint density at radius 1 is 0.561 bits per heavy atom. The van der Waals surface area contributed by atoms with Crippen LogP contribution in [0.3, 0.4) is 0 Å². The number of hydrogen-bond donors (Lipinski definition) is 1. The van der Waals surface area contributed by atoms with E-state index in [2.05, 4.69) is 124 Å². The molecule has 4 aliphatic rings. The van der Waals surface area contributed by atoms with Crippen LogP contribution in [0.1, 0.15) is 150 Å². The third kappa shape index (κ3) is 12.9. The van der Waals surface area contributed by atoms with Crippen molar-refractivity contribution in [1.82, 2.24) is 9.80 Å². The predicted octanol–water partition coefficient (Wildman–Crippen LogP) is 13.5. The monoisotopic (exact) mass is 903 g/mol.